The van der Waals surface area contributed by atoms with Crippen LogP contribution in [0.1, 0.15) is 37.0 Å². The van der Waals surface area contributed by atoms with Crippen molar-refractivity contribution in [3.05, 3.63) is 35.1 Å². The standard InChI is InChI=1S/C12H14N4OS/c1-12(2,3)9-7-18-11(14-9)15-10(17)8-5-4-6-13-16-8/h4-7H,1-3H3,(H,14,15,17). The first kappa shape index (κ1) is 12.6. The zero-order valence-corrected chi connectivity index (χ0v) is 11.3. The number of anilines is 1. The topological polar surface area (TPSA) is 67.8 Å². The van der Waals surface area contributed by atoms with E-state index in [-0.39, 0.29) is 17.0 Å². The Morgan fingerprint density at radius 2 is 2.17 bits per heavy atom. The number of aromatic nitrogens is 3. The Balaban J connectivity index is 2.11. The molecule has 0 bridgehead atoms. The number of thiazole rings is 1. The van der Waals surface area contributed by atoms with Crippen LogP contribution in [-0.4, -0.2) is 21.1 Å². The lowest BCUT2D eigenvalue weighted by atomic mass is 9.93. The molecular weight excluding hydrogens is 248 g/mol. The van der Waals surface area contributed by atoms with Crippen molar-refractivity contribution in [2.75, 3.05) is 5.32 Å². The molecule has 0 fully saturated rings. The van der Waals surface area contributed by atoms with Crippen LogP contribution in [0.2, 0.25) is 0 Å². The number of carbonyl (C=O) groups is 1. The van der Waals surface area contributed by atoms with Gasteiger partial charge in [-0.3, -0.25) is 10.1 Å². The van der Waals surface area contributed by atoms with Gasteiger partial charge >= 0.3 is 0 Å². The van der Waals surface area contributed by atoms with Gasteiger partial charge in [0.2, 0.25) is 0 Å². The van der Waals surface area contributed by atoms with Crippen molar-refractivity contribution in [2.24, 2.45) is 0 Å². The lowest BCUT2D eigenvalue weighted by Crippen LogP contribution is -2.15. The van der Waals surface area contributed by atoms with E-state index in [0.29, 0.717) is 5.13 Å². The summed E-state index contributed by atoms with van der Waals surface area (Å²) in [4.78, 5) is 16.2. The fourth-order valence-corrected chi connectivity index (χ4v) is 2.19. The van der Waals surface area contributed by atoms with E-state index in [1.165, 1.54) is 17.5 Å². The largest absolute Gasteiger partial charge is 0.296 e. The molecule has 5 nitrogen and oxygen atoms in total. The summed E-state index contributed by atoms with van der Waals surface area (Å²) in [6.45, 7) is 6.24. The summed E-state index contributed by atoms with van der Waals surface area (Å²) in [6.07, 6.45) is 1.53. The van der Waals surface area contributed by atoms with E-state index in [9.17, 15) is 4.79 Å². The summed E-state index contributed by atoms with van der Waals surface area (Å²) in [5.41, 5.74) is 1.22. The van der Waals surface area contributed by atoms with Crippen LogP contribution < -0.4 is 5.32 Å². The number of rotatable bonds is 2. The first-order valence-electron chi connectivity index (χ1n) is 5.52. The number of carbonyl (C=O) groups excluding carboxylic acids is 1. The minimum Gasteiger partial charge on any atom is -0.296 e. The molecule has 1 N–H and O–H groups in total. The van der Waals surface area contributed by atoms with Crippen molar-refractivity contribution in [3.63, 3.8) is 0 Å². The average molecular weight is 262 g/mol. The van der Waals surface area contributed by atoms with Gasteiger partial charge in [0.25, 0.3) is 5.91 Å². The monoisotopic (exact) mass is 262 g/mol. The van der Waals surface area contributed by atoms with Gasteiger partial charge in [-0.1, -0.05) is 20.8 Å². The van der Waals surface area contributed by atoms with Crippen molar-refractivity contribution < 1.29 is 4.79 Å². The van der Waals surface area contributed by atoms with Crippen molar-refractivity contribution in [2.45, 2.75) is 26.2 Å². The smallest absolute Gasteiger partial charge is 0.277 e. The molecule has 2 aromatic rings. The Labute approximate surface area is 109 Å². The van der Waals surface area contributed by atoms with Gasteiger partial charge in [-0.15, -0.1) is 16.4 Å². The van der Waals surface area contributed by atoms with Crippen LogP contribution in [0.3, 0.4) is 0 Å². The maximum Gasteiger partial charge on any atom is 0.277 e. The summed E-state index contributed by atoms with van der Waals surface area (Å²) in [6, 6.07) is 3.28. The molecule has 0 aliphatic heterocycles. The van der Waals surface area contributed by atoms with E-state index in [1.54, 1.807) is 12.1 Å². The molecule has 0 aromatic carbocycles. The van der Waals surface area contributed by atoms with Gasteiger partial charge in [0.1, 0.15) is 0 Å². The second kappa shape index (κ2) is 4.81. The maximum absolute atomic E-state index is 11.8. The first-order valence-corrected chi connectivity index (χ1v) is 6.40. The third-order valence-corrected chi connectivity index (χ3v) is 3.06. The zero-order chi connectivity index (χ0) is 13.2. The van der Waals surface area contributed by atoms with Gasteiger partial charge in [-0.05, 0) is 12.1 Å². The molecule has 2 aromatic heterocycles. The Kier molecular flexibility index (Phi) is 3.38. The van der Waals surface area contributed by atoms with Crippen LogP contribution in [0.4, 0.5) is 5.13 Å². The molecule has 0 aliphatic rings. The molecule has 0 spiro atoms. The highest BCUT2D eigenvalue weighted by Gasteiger charge is 2.18. The quantitative estimate of drug-likeness (QED) is 0.902. The number of hydrogen-bond donors (Lipinski definition) is 1. The van der Waals surface area contributed by atoms with Gasteiger partial charge < -0.3 is 0 Å². The molecular formula is C12H14N4OS. The van der Waals surface area contributed by atoms with E-state index >= 15 is 0 Å². The second-order valence-electron chi connectivity index (χ2n) is 4.85. The molecule has 0 saturated heterocycles. The number of nitrogens with one attached hydrogen (secondary N) is 1. The summed E-state index contributed by atoms with van der Waals surface area (Å²) < 4.78 is 0. The average Bonchev–Trinajstić information content (AvgIpc) is 2.78. The molecule has 1 amide bonds. The van der Waals surface area contributed by atoms with Gasteiger partial charge in [-0.2, -0.15) is 5.10 Å². The molecule has 2 heterocycles. The lowest BCUT2D eigenvalue weighted by Gasteiger charge is -2.14. The Morgan fingerprint density at radius 3 is 2.72 bits per heavy atom. The van der Waals surface area contributed by atoms with Crippen LogP contribution >= 0.6 is 11.3 Å². The lowest BCUT2D eigenvalue weighted by molar-refractivity contribution is 0.102. The van der Waals surface area contributed by atoms with Crippen LogP contribution in [0.15, 0.2) is 23.7 Å². The number of hydrogen-bond acceptors (Lipinski definition) is 5. The zero-order valence-electron chi connectivity index (χ0n) is 10.5. The summed E-state index contributed by atoms with van der Waals surface area (Å²) in [5, 5.41) is 12.7. The normalized spacial score (nSPS) is 11.3. The van der Waals surface area contributed by atoms with E-state index in [2.05, 4.69) is 41.3 Å². The highest BCUT2D eigenvalue weighted by Crippen LogP contribution is 2.26. The van der Waals surface area contributed by atoms with Crippen LogP contribution in [0.25, 0.3) is 0 Å². The first-order chi connectivity index (χ1) is 8.47. The highest BCUT2D eigenvalue weighted by atomic mass is 32.1. The molecule has 0 saturated carbocycles. The summed E-state index contributed by atoms with van der Waals surface area (Å²) >= 11 is 1.41. The fraction of sp³-hybridized carbons (Fsp3) is 0.333. The fourth-order valence-electron chi connectivity index (χ4n) is 1.26. The van der Waals surface area contributed by atoms with Crippen molar-refractivity contribution in [1.29, 1.82) is 0 Å². The Morgan fingerprint density at radius 1 is 1.39 bits per heavy atom. The van der Waals surface area contributed by atoms with E-state index in [0.717, 1.165) is 5.69 Å². The molecule has 18 heavy (non-hydrogen) atoms. The molecule has 6 heteroatoms. The van der Waals surface area contributed by atoms with E-state index in [4.69, 9.17) is 0 Å². The van der Waals surface area contributed by atoms with Crippen LogP contribution in [0.5, 0.6) is 0 Å². The minimum atomic E-state index is -0.294. The third kappa shape index (κ3) is 2.89. The van der Waals surface area contributed by atoms with Crippen molar-refractivity contribution >= 4 is 22.4 Å². The van der Waals surface area contributed by atoms with Gasteiger partial charge in [-0.25, -0.2) is 4.98 Å². The Hall–Kier alpha value is -1.82. The summed E-state index contributed by atoms with van der Waals surface area (Å²) in [7, 11) is 0. The Bertz CT molecular complexity index is 545. The molecule has 0 radical (unpaired) electrons. The SMILES string of the molecule is CC(C)(C)c1csc(NC(=O)c2cccnn2)n1. The van der Waals surface area contributed by atoms with E-state index < -0.39 is 0 Å². The number of amides is 1. The van der Waals surface area contributed by atoms with Crippen LogP contribution in [0, 0.1) is 0 Å². The highest BCUT2D eigenvalue weighted by molar-refractivity contribution is 7.14. The van der Waals surface area contributed by atoms with Crippen LogP contribution in [-0.2, 0) is 5.41 Å². The number of nitrogens with zero attached hydrogens (tertiary/aromatic N) is 3. The molecule has 0 unspecified atom stereocenters. The third-order valence-electron chi connectivity index (χ3n) is 2.30. The molecule has 94 valence electrons. The second-order valence-corrected chi connectivity index (χ2v) is 5.71. The minimum absolute atomic E-state index is 0.0218. The molecule has 0 aliphatic carbocycles. The van der Waals surface area contributed by atoms with Gasteiger partial charge in [0.15, 0.2) is 10.8 Å². The van der Waals surface area contributed by atoms with E-state index in [1.807, 2.05) is 5.38 Å². The van der Waals surface area contributed by atoms with Gasteiger partial charge in [0.05, 0.1) is 5.69 Å². The molecule has 0 atom stereocenters. The maximum atomic E-state index is 11.8. The van der Waals surface area contributed by atoms with Crippen molar-refractivity contribution in [3.8, 4) is 0 Å². The van der Waals surface area contributed by atoms with Crippen molar-refractivity contribution in [1.82, 2.24) is 15.2 Å². The predicted octanol–water partition coefficient (Wildman–Crippen LogP) is 2.48. The summed E-state index contributed by atoms with van der Waals surface area (Å²) in [5.74, 6) is -0.294. The van der Waals surface area contributed by atoms with Gasteiger partial charge in [0, 0.05) is 17.0 Å². The molecule has 2 rings (SSSR count). The predicted molar refractivity (Wildman–Crippen MR) is 70.8 cm³/mol.